The molecule has 3 nitrogen and oxygen atoms in total. The van der Waals surface area contributed by atoms with Gasteiger partial charge in [-0.05, 0) is 50.2 Å². The second-order valence-electron chi connectivity index (χ2n) is 6.83. The lowest BCUT2D eigenvalue weighted by Crippen LogP contribution is -2.47. The summed E-state index contributed by atoms with van der Waals surface area (Å²) in [6.07, 6.45) is 6.36. The van der Waals surface area contributed by atoms with Crippen LogP contribution in [-0.2, 0) is 9.53 Å². The quantitative estimate of drug-likeness (QED) is 0.903. The number of nitrogens with one attached hydrogen (secondary N) is 1. The van der Waals surface area contributed by atoms with Crippen molar-refractivity contribution in [3.05, 3.63) is 29.8 Å². The van der Waals surface area contributed by atoms with Crippen LogP contribution in [0.3, 0.4) is 0 Å². The van der Waals surface area contributed by atoms with Crippen molar-refractivity contribution in [2.75, 3.05) is 18.5 Å². The van der Waals surface area contributed by atoms with Gasteiger partial charge in [0, 0.05) is 30.7 Å². The summed E-state index contributed by atoms with van der Waals surface area (Å²) in [5.74, 6) is 0.747. The molecule has 1 aromatic rings. The van der Waals surface area contributed by atoms with E-state index in [0.717, 1.165) is 50.9 Å². The van der Waals surface area contributed by atoms with E-state index in [2.05, 4.69) is 17.4 Å². The number of benzene rings is 1. The third-order valence-electron chi connectivity index (χ3n) is 5.59. The van der Waals surface area contributed by atoms with E-state index < -0.39 is 0 Å². The number of anilines is 1. The molecule has 0 bridgehead atoms. The Morgan fingerprint density at radius 3 is 2.90 bits per heavy atom. The lowest BCUT2D eigenvalue weighted by atomic mass is 9.69. The summed E-state index contributed by atoms with van der Waals surface area (Å²) in [5, 5.41) is 3.41. The summed E-state index contributed by atoms with van der Waals surface area (Å²) in [5.41, 5.74) is 2.40. The zero-order chi connectivity index (χ0) is 14.3. The number of ether oxygens (including phenoxy) is 1. The highest BCUT2D eigenvalue weighted by Crippen LogP contribution is 2.46. The van der Waals surface area contributed by atoms with Crippen molar-refractivity contribution in [3.8, 4) is 0 Å². The van der Waals surface area contributed by atoms with E-state index >= 15 is 0 Å². The van der Waals surface area contributed by atoms with E-state index in [1.165, 1.54) is 12.0 Å². The molecule has 2 fully saturated rings. The molecular weight excluding hydrogens is 262 g/mol. The van der Waals surface area contributed by atoms with Gasteiger partial charge in [0.25, 0.3) is 0 Å². The molecule has 2 aliphatic heterocycles. The minimum Gasteiger partial charge on any atom is -0.385 e. The first-order chi connectivity index (χ1) is 10.3. The van der Waals surface area contributed by atoms with Crippen LogP contribution in [0, 0.1) is 5.92 Å². The number of hydrogen-bond acceptors (Lipinski definition) is 3. The molecule has 0 radical (unpaired) electrons. The predicted molar refractivity (Wildman–Crippen MR) is 82.6 cm³/mol. The first-order valence-corrected chi connectivity index (χ1v) is 8.28. The van der Waals surface area contributed by atoms with Gasteiger partial charge in [-0.1, -0.05) is 18.2 Å². The predicted octanol–water partition coefficient (Wildman–Crippen LogP) is 3.50. The molecule has 1 spiro atoms. The Hall–Kier alpha value is -1.35. The monoisotopic (exact) mass is 285 g/mol. The van der Waals surface area contributed by atoms with Gasteiger partial charge in [0.1, 0.15) is 5.78 Å². The van der Waals surface area contributed by atoms with Crippen LogP contribution in [0.1, 0.15) is 50.0 Å². The fourth-order valence-corrected chi connectivity index (χ4v) is 4.24. The van der Waals surface area contributed by atoms with E-state index in [0.29, 0.717) is 5.78 Å². The molecule has 0 amide bonds. The van der Waals surface area contributed by atoms with Crippen molar-refractivity contribution in [3.63, 3.8) is 0 Å². The maximum Gasteiger partial charge on any atom is 0.143 e. The van der Waals surface area contributed by atoms with Gasteiger partial charge < -0.3 is 10.1 Å². The molecule has 2 unspecified atom stereocenters. The maximum absolute atomic E-state index is 13.1. The Morgan fingerprint density at radius 1 is 1.24 bits per heavy atom. The van der Waals surface area contributed by atoms with Crippen LogP contribution >= 0.6 is 0 Å². The Labute approximate surface area is 126 Å². The van der Waals surface area contributed by atoms with Crippen LogP contribution in [0.4, 0.5) is 5.69 Å². The topological polar surface area (TPSA) is 38.3 Å². The highest BCUT2D eigenvalue weighted by atomic mass is 16.5. The van der Waals surface area contributed by atoms with Crippen LogP contribution in [0.2, 0.25) is 0 Å². The number of Topliss-reactive ketones (excluding diaryl/α,β-unsaturated/α-hetero) is 1. The molecule has 2 atom stereocenters. The van der Waals surface area contributed by atoms with E-state index in [1.807, 2.05) is 12.1 Å². The van der Waals surface area contributed by atoms with Gasteiger partial charge in [-0.25, -0.2) is 0 Å². The number of hydrogen-bond donors (Lipinski definition) is 1. The average Bonchev–Trinajstić information content (AvgIpc) is 2.52. The third kappa shape index (κ3) is 2.28. The van der Waals surface area contributed by atoms with Crippen LogP contribution in [0.5, 0.6) is 0 Å². The number of rotatable bonds is 2. The molecule has 1 aromatic carbocycles. The highest BCUT2D eigenvalue weighted by Gasteiger charge is 2.45. The van der Waals surface area contributed by atoms with Crippen molar-refractivity contribution < 1.29 is 9.53 Å². The number of ketones is 1. The number of para-hydroxylation sites is 1. The number of carbonyl (C=O) groups excluding carboxylic acids is 1. The SMILES string of the molecule is O=C(C1CCOC2(CCC2)C1)C1CCNc2ccccc21. The van der Waals surface area contributed by atoms with Gasteiger partial charge in [0.05, 0.1) is 5.60 Å². The molecule has 0 aromatic heterocycles. The summed E-state index contributed by atoms with van der Waals surface area (Å²) >= 11 is 0. The summed E-state index contributed by atoms with van der Waals surface area (Å²) in [7, 11) is 0. The van der Waals surface area contributed by atoms with E-state index in [-0.39, 0.29) is 17.4 Å². The fourth-order valence-electron chi connectivity index (χ4n) is 4.24. The van der Waals surface area contributed by atoms with Crippen molar-refractivity contribution >= 4 is 11.5 Å². The summed E-state index contributed by atoms with van der Waals surface area (Å²) in [6.45, 7) is 1.67. The van der Waals surface area contributed by atoms with Crippen molar-refractivity contribution in [1.29, 1.82) is 0 Å². The van der Waals surface area contributed by atoms with Gasteiger partial charge in [-0.2, -0.15) is 0 Å². The van der Waals surface area contributed by atoms with Gasteiger partial charge in [-0.3, -0.25) is 4.79 Å². The van der Waals surface area contributed by atoms with Crippen LogP contribution in [0.15, 0.2) is 24.3 Å². The van der Waals surface area contributed by atoms with Crippen molar-refractivity contribution in [1.82, 2.24) is 0 Å². The lowest BCUT2D eigenvalue weighted by Gasteiger charge is -2.47. The summed E-state index contributed by atoms with van der Waals surface area (Å²) in [4.78, 5) is 13.1. The first kappa shape index (κ1) is 13.3. The first-order valence-electron chi connectivity index (χ1n) is 8.28. The zero-order valence-corrected chi connectivity index (χ0v) is 12.4. The van der Waals surface area contributed by atoms with E-state index in [4.69, 9.17) is 4.74 Å². The molecule has 4 rings (SSSR count). The smallest absolute Gasteiger partial charge is 0.143 e. The summed E-state index contributed by atoms with van der Waals surface area (Å²) < 4.78 is 5.97. The number of fused-ring (bicyclic) bond motifs is 1. The molecule has 1 aliphatic carbocycles. The molecule has 2 heterocycles. The van der Waals surface area contributed by atoms with Gasteiger partial charge >= 0.3 is 0 Å². The second kappa shape index (κ2) is 5.13. The second-order valence-corrected chi connectivity index (χ2v) is 6.83. The molecular formula is C18H23NO2. The fraction of sp³-hybridized carbons (Fsp3) is 0.611. The maximum atomic E-state index is 13.1. The molecule has 3 aliphatic rings. The minimum atomic E-state index is 0.0605. The highest BCUT2D eigenvalue weighted by molar-refractivity contribution is 5.90. The van der Waals surface area contributed by atoms with Gasteiger partial charge in [-0.15, -0.1) is 0 Å². The van der Waals surface area contributed by atoms with Crippen LogP contribution in [-0.4, -0.2) is 24.5 Å². The van der Waals surface area contributed by atoms with Crippen LogP contribution < -0.4 is 5.32 Å². The standard InChI is InChI=1S/C18H23NO2/c20-17(13-7-11-21-18(12-13)8-3-9-18)15-6-10-19-16-5-2-1-4-14(15)16/h1-2,4-5,13,15,19H,3,6-12H2. The van der Waals surface area contributed by atoms with E-state index in [1.54, 1.807) is 0 Å². The Kier molecular flexibility index (Phi) is 3.26. The Morgan fingerprint density at radius 2 is 2.10 bits per heavy atom. The average molecular weight is 285 g/mol. The molecule has 112 valence electrons. The van der Waals surface area contributed by atoms with Gasteiger partial charge in [0.2, 0.25) is 0 Å². The van der Waals surface area contributed by atoms with Crippen molar-refractivity contribution in [2.24, 2.45) is 5.92 Å². The lowest BCUT2D eigenvalue weighted by molar-refractivity contribution is -0.156. The minimum absolute atomic E-state index is 0.0605. The third-order valence-corrected chi connectivity index (χ3v) is 5.59. The molecule has 21 heavy (non-hydrogen) atoms. The zero-order valence-electron chi connectivity index (χ0n) is 12.4. The van der Waals surface area contributed by atoms with Crippen LogP contribution in [0.25, 0.3) is 0 Å². The van der Waals surface area contributed by atoms with Crippen molar-refractivity contribution in [2.45, 2.75) is 50.0 Å². The number of carbonyl (C=O) groups is 1. The molecule has 1 saturated heterocycles. The molecule has 1 N–H and O–H groups in total. The normalized spacial score (nSPS) is 30.1. The summed E-state index contributed by atoms with van der Waals surface area (Å²) in [6, 6.07) is 8.29. The van der Waals surface area contributed by atoms with Gasteiger partial charge in [0.15, 0.2) is 0 Å². The largest absolute Gasteiger partial charge is 0.385 e. The Bertz CT molecular complexity index is 550. The molecule has 1 saturated carbocycles. The molecule has 3 heteroatoms. The van der Waals surface area contributed by atoms with E-state index in [9.17, 15) is 4.79 Å². The Balaban J connectivity index is 1.55.